The highest BCUT2D eigenvalue weighted by Crippen LogP contribution is 2.25. The molecular weight excluding hydrogens is 334 g/mol. The lowest BCUT2D eigenvalue weighted by atomic mass is 10.1. The number of methoxy groups -OCH3 is 1. The van der Waals surface area contributed by atoms with Crippen LogP contribution in [0.5, 0.6) is 0 Å². The van der Waals surface area contributed by atoms with Crippen LogP contribution in [0.4, 0.5) is 0 Å². The molecule has 7 heteroatoms. The number of likely N-dealkylation sites (tertiary alicyclic amines) is 1. The van der Waals surface area contributed by atoms with Crippen LogP contribution in [0.3, 0.4) is 0 Å². The molecule has 2 atom stereocenters. The molecule has 1 saturated heterocycles. The molecule has 0 spiro atoms. The molecule has 3 rings (SSSR count). The predicted molar refractivity (Wildman–Crippen MR) is 95.0 cm³/mol. The van der Waals surface area contributed by atoms with Crippen molar-refractivity contribution in [2.45, 2.75) is 38.5 Å². The molecule has 1 aliphatic rings. The van der Waals surface area contributed by atoms with E-state index in [1.807, 2.05) is 37.3 Å². The van der Waals surface area contributed by atoms with Gasteiger partial charge in [0, 0.05) is 25.4 Å². The number of rotatable bonds is 6. The molecule has 2 unspecified atom stereocenters. The molecule has 1 aliphatic heterocycles. The second-order valence-electron chi connectivity index (χ2n) is 6.59. The summed E-state index contributed by atoms with van der Waals surface area (Å²) >= 11 is 0. The lowest BCUT2D eigenvalue weighted by molar-refractivity contribution is -0.137. The van der Waals surface area contributed by atoms with Crippen molar-refractivity contribution in [3.05, 3.63) is 53.3 Å². The smallest absolute Gasteiger partial charge is 0.305 e. The Labute approximate surface area is 152 Å². The summed E-state index contributed by atoms with van der Waals surface area (Å²) < 4.78 is 7.14. The number of hydrogen-bond acceptors (Lipinski definition) is 4. The first kappa shape index (κ1) is 18.1. The summed E-state index contributed by atoms with van der Waals surface area (Å²) in [5.74, 6) is -1.10. The number of carboxylic acid groups (broad SMARTS) is 1. The van der Waals surface area contributed by atoms with Gasteiger partial charge in [-0.25, -0.2) is 0 Å². The van der Waals surface area contributed by atoms with Crippen molar-refractivity contribution in [1.29, 1.82) is 0 Å². The Kier molecular flexibility index (Phi) is 5.37. The minimum atomic E-state index is -0.916. The maximum atomic E-state index is 13.0. The predicted octanol–water partition coefficient (Wildman–Crippen LogP) is 1.94. The number of amides is 1. The number of nitrogens with zero attached hydrogens (tertiary/aromatic N) is 3. The summed E-state index contributed by atoms with van der Waals surface area (Å²) in [4.78, 5) is 25.8. The largest absolute Gasteiger partial charge is 0.481 e. The van der Waals surface area contributed by atoms with Crippen LogP contribution in [0.25, 0.3) is 0 Å². The molecule has 0 radical (unpaired) electrons. The van der Waals surface area contributed by atoms with Gasteiger partial charge >= 0.3 is 5.97 Å². The van der Waals surface area contributed by atoms with Crippen molar-refractivity contribution < 1.29 is 19.4 Å². The van der Waals surface area contributed by atoms with Gasteiger partial charge in [-0.15, -0.1) is 0 Å². The highest BCUT2D eigenvalue weighted by Gasteiger charge is 2.37. The van der Waals surface area contributed by atoms with Gasteiger partial charge < -0.3 is 14.7 Å². The molecule has 1 fully saturated rings. The maximum Gasteiger partial charge on any atom is 0.305 e. The molecule has 0 saturated carbocycles. The molecule has 0 aliphatic carbocycles. The van der Waals surface area contributed by atoms with Gasteiger partial charge in [-0.1, -0.05) is 30.3 Å². The van der Waals surface area contributed by atoms with E-state index in [1.54, 1.807) is 22.9 Å². The van der Waals surface area contributed by atoms with Gasteiger partial charge in [0.05, 0.1) is 30.8 Å². The van der Waals surface area contributed by atoms with Crippen molar-refractivity contribution in [1.82, 2.24) is 14.7 Å². The Morgan fingerprint density at radius 2 is 2.04 bits per heavy atom. The molecule has 1 amide bonds. The summed E-state index contributed by atoms with van der Waals surface area (Å²) in [5.41, 5.74) is 2.38. The highest BCUT2D eigenvalue weighted by molar-refractivity contribution is 5.95. The lowest BCUT2D eigenvalue weighted by Gasteiger charge is -2.23. The van der Waals surface area contributed by atoms with Gasteiger partial charge in [-0.3, -0.25) is 14.3 Å². The van der Waals surface area contributed by atoms with Gasteiger partial charge in [0.15, 0.2) is 0 Å². The Morgan fingerprint density at radius 1 is 1.31 bits per heavy atom. The van der Waals surface area contributed by atoms with E-state index >= 15 is 0 Å². The fourth-order valence-corrected chi connectivity index (χ4v) is 3.42. The summed E-state index contributed by atoms with van der Waals surface area (Å²) in [5, 5.41) is 13.5. The minimum Gasteiger partial charge on any atom is -0.481 e. The van der Waals surface area contributed by atoms with Crippen LogP contribution in [0.1, 0.15) is 34.5 Å². The van der Waals surface area contributed by atoms with Gasteiger partial charge in [-0.2, -0.15) is 5.10 Å². The number of carbonyl (C=O) groups is 2. The SMILES string of the molecule is COC1CC(CC(=O)O)N(C(=O)c2cnn(Cc3ccccc3)c2C)C1. The van der Waals surface area contributed by atoms with Crippen molar-refractivity contribution in [2.75, 3.05) is 13.7 Å². The molecule has 2 heterocycles. The van der Waals surface area contributed by atoms with E-state index in [2.05, 4.69) is 5.10 Å². The second kappa shape index (κ2) is 7.70. The van der Waals surface area contributed by atoms with Crippen LogP contribution in [0, 0.1) is 6.92 Å². The summed E-state index contributed by atoms with van der Waals surface area (Å²) in [7, 11) is 1.58. The van der Waals surface area contributed by atoms with E-state index in [-0.39, 0.29) is 24.5 Å². The third kappa shape index (κ3) is 3.77. The van der Waals surface area contributed by atoms with E-state index in [4.69, 9.17) is 9.84 Å². The molecule has 138 valence electrons. The van der Waals surface area contributed by atoms with Crippen LogP contribution >= 0.6 is 0 Å². The number of carbonyl (C=O) groups excluding carboxylic acids is 1. The maximum absolute atomic E-state index is 13.0. The highest BCUT2D eigenvalue weighted by atomic mass is 16.5. The van der Waals surface area contributed by atoms with Crippen molar-refractivity contribution in [3.63, 3.8) is 0 Å². The summed E-state index contributed by atoms with van der Waals surface area (Å²) in [6, 6.07) is 9.54. The van der Waals surface area contributed by atoms with Crippen molar-refractivity contribution in [2.24, 2.45) is 0 Å². The Morgan fingerprint density at radius 3 is 2.69 bits per heavy atom. The zero-order valence-electron chi connectivity index (χ0n) is 15.0. The normalized spacial score (nSPS) is 19.7. The first-order valence-corrected chi connectivity index (χ1v) is 8.61. The topological polar surface area (TPSA) is 84.7 Å². The lowest BCUT2D eigenvalue weighted by Crippen LogP contribution is -2.37. The first-order chi connectivity index (χ1) is 12.5. The third-order valence-corrected chi connectivity index (χ3v) is 4.89. The number of hydrogen-bond donors (Lipinski definition) is 1. The van der Waals surface area contributed by atoms with E-state index in [0.29, 0.717) is 25.1 Å². The Hall–Kier alpha value is -2.67. The number of aliphatic carboxylic acids is 1. The van der Waals surface area contributed by atoms with Gasteiger partial charge in [0.2, 0.25) is 0 Å². The van der Waals surface area contributed by atoms with Crippen molar-refractivity contribution >= 4 is 11.9 Å². The number of aromatic nitrogens is 2. The van der Waals surface area contributed by atoms with E-state index in [0.717, 1.165) is 11.3 Å². The average molecular weight is 357 g/mol. The van der Waals surface area contributed by atoms with Gasteiger partial charge in [0.25, 0.3) is 5.91 Å². The van der Waals surface area contributed by atoms with Crippen LogP contribution in [-0.4, -0.2) is 57.5 Å². The summed E-state index contributed by atoms with van der Waals surface area (Å²) in [6.45, 7) is 2.84. The van der Waals surface area contributed by atoms with Crippen LogP contribution in [0.15, 0.2) is 36.5 Å². The number of ether oxygens (including phenoxy) is 1. The molecule has 1 aromatic heterocycles. The second-order valence-corrected chi connectivity index (χ2v) is 6.59. The fourth-order valence-electron chi connectivity index (χ4n) is 3.42. The van der Waals surface area contributed by atoms with Gasteiger partial charge in [0.1, 0.15) is 0 Å². The summed E-state index contributed by atoms with van der Waals surface area (Å²) in [6.07, 6.45) is 1.88. The fraction of sp³-hybridized carbons (Fsp3) is 0.421. The van der Waals surface area contributed by atoms with Crippen LogP contribution in [-0.2, 0) is 16.1 Å². The monoisotopic (exact) mass is 357 g/mol. The quantitative estimate of drug-likeness (QED) is 0.854. The standard InChI is InChI=1S/C19H23N3O4/c1-13-17(10-20-22(13)11-14-6-4-3-5-7-14)19(25)21-12-16(26-2)8-15(21)9-18(23)24/h3-7,10,15-16H,8-9,11-12H2,1-2H3,(H,23,24). The Bertz CT molecular complexity index is 787. The molecule has 7 nitrogen and oxygen atoms in total. The third-order valence-electron chi connectivity index (χ3n) is 4.89. The average Bonchev–Trinajstić information content (AvgIpc) is 3.19. The van der Waals surface area contributed by atoms with Crippen LogP contribution in [0.2, 0.25) is 0 Å². The minimum absolute atomic E-state index is 0.0806. The Balaban J connectivity index is 1.79. The molecule has 26 heavy (non-hydrogen) atoms. The zero-order valence-corrected chi connectivity index (χ0v) is 15.0. The molecule has 0 bridgehead atoms. The number of benzene rings is 1. The van der Waals surface area contributed by atoms with Crippen LogP contribution < -0.4 is 0 Å². The van der Waals surface area contributed by atoms with E-state index < -0.39 is 5.97 Å². The van der Waals surface area contributed by atoms with E-state index in [1.165, 1.54) is 0 Å². The van der Waals surface area contributed by atoms with E-state index in [9.17, 15) is 9.59 Å². The number of carboxylic acids is 1. The van der Waals surface area contributed by atoms with Gasteiger partial charge in [-0.05, 0) is 18.9 Å². The molecule has 2 aromatic rings. The zero-order chi connectivity index (χ0) is 18.7. The van der Waals surface area contributed by atoms with Crippen molar-refractivity contribution in [3.8, 4) is 0 Å². The molecule has 1 N–H and O–H groups in total. The first-order valence-electron chi connectivity index (χ1n) is 8.61. The molecular formula is C19H23N3O4. The molecule has 1 aromatic carbocycles.